The zero-order valence-electron chi connectivity index (χ0n) is 36.8. The van der Waals surface area contributed by atoms with Crippen LogP contribution in [-0.2, 0) is 14.3 Å². The number of hydrogen-bond donors (Lipinski definition) is 3. The van der Waals surface area contributed by atoms with E-state index >= 15 is 0 Å². The van der Waals surface area contributed by atoms with E-state index in [9.17, 15) is 19.8 Å². The summed E-state index contributed by atoms with van der Waals surface area (Å²) in [6.45, 7) is 6.39. The number of ether oxygens (including phenoxy) is 1. The first-order valence-corrected chi connectivity index (χ1v) is 23.5. The number of hydrogen-bond acceptors (Lipinski definition) is 5. The van der Waals surface area contributed by atoms with Crippen molar-refractivity contribution in [2.24, 2.45) is 0 Å². The van der Waals surface area contributed by atoms with Gasteiger partial charge in [-0.05, 0) is 83.5 Å². The molecule has 1 amide bonds. The number of aliphatic hydroxyl groups is 2. The first-order chi connectivity index (χ1) is 27.5. The van der Waals surface area contributed by atoms with Gasteiger partial charge in [-0.15, -0.1) is 0 Å². The molecule has 0 heterocycles. The van der Waals surface area contributed by atoms with Crippen LogP contribution >= 0.6 is 0 Å². The Morgan fingerprint density at radius 3 is 1.46 bits per heavy atom. The molecule has 6 heteroatoms. The number of unbranched alkanes of at least 4 members (excludes halogenated alkanes) is 19. The number of allylic oxidation sites excluding steroid dienone is 10. The average molecular weight is 784 g/mol. The van der Waals surface area contributed by atoms with E-state index in [0.29, 0.717) is 25.7 Å². The molecule has 0 saturated heterocycles. The predicted molar refractivity (Wildman–Crippen MR) is 241 cm³/mol. The minimum absolute atomic E-state index is 0.0334. The molecule has 3 N–H and O–H groups in total. The normalized spacial score (nSPS) is 13.9. The molecule has 0 saturated carbocycles. The molecule has 0 aromatic rings. The van der Waals surface area contributed by atoms with Crippen LogP contribution in [0.4, 0.5) is 0 Å². The van der Waals surface area contributed by atoms with E-state index in [1.807, 2.05) is 0 Å². The number of esters is 1. The summed E-state index contributed by atoms with van der Waals surface area (Å²) < 4.78 is 5.86. The Morgan fingerprint density at radius 2 is 0.929 bits per heavy atom. The Kier molecular flexibility index (Phi) is 41.8. The molecule has 0 aromatic carbocycles. The maximum absolute atomic E-state index is 13.1. The van der Waals surface area contributed by atoms with Crippen molar-refractivity contribution >= 4 is 11.9 Å². The van der Waals surface area contributed by atoms with E-state index in [1.54, 1.807) is 0 Å². The molecule has 324 valence electrons. The summed E-state index contributed by atoms with van der Waals surface area (Å²) >= 11 is 0. The third kappa shape index (κ3) is 38.4. The maximum atomic E-state index is 13.1. The second-order valence-corrected chi connectivity index (χ2v) is 15.8. The van der Waals surface area contributed by atoms with Crippen molar-refractivity contribution in [3.63, 3.8) is 0 Å². The van der Waals surface area contributed by atoms with Crippen LogP contribution in [-0.4, -0.2) is 46.9 Å². The fourth-order valence-electron chi connectivity index (χ4n) is 6.72. The fourth-order valence-corrected chi connectivity index (χ4v) is 6.72. The summed E-state index contributed by atoms with van der Waals surface area (Å²) in [5.41, 5.74) is 0. The second-order valence-electron chi connectivity index (χ2n) is 15.8. The van der Waals surface area contributed by atoms with Gasteiger partial charge in [-0.1, -0.05) is 184 Å². The number of carbonyl (C=O) groups is 2. The molecule has 0 aromatic heterocycles. The van der Waals surface area contributed by atoms with Gasteiger partial charge in [0.25, 0.3) is 0 Å². The van der Waals surface area contributed by atoms with Crippen molar-refractivity contribution in [3.05, 3.63) is 60.8 Å². The van der Waals surface area contributed by atoms with Crippen molar-refractivity contribution in [2.45, 2.75) is 238 Å². The average Bonchev–Trinajstić information content (AvgIpc) is 3.19. The number of amides is 1. The van der Waals surface area contributed by atoms with Gasteiger partial charge in [0.1, 0.15) is 6.10 Å². The second kappa shape index (κ2) is 43.7. The van der Waals surface area contributed by atoms with Gasteiger partial charge in [-0.2, -0.15) is 0 Å². The molecule has 0 fully saturated rings. The van der Waals surface area contributed by atoms with Gasteiger partial charge in [-0.3, -0.25) is 9.59 Å². The standard InChI is InChI=1S/C50H89NO5/c1-4-7-10-13-16-19-21-22-23-24-25-26-28-31-34-37-40-43-50(55)56-46(41-38-35-32-30-27-20-17-14-11-8-5-2)44-49(54)51-47(45-52)48(53)42-39-36-33-29-18-15-12-9-6-3/h16,19,22-23,25-26,30-32,34,46-48,52-53H,4-15,17-18,20-21,24,27-29,33,35-45H2,1-3H3,(H,51,54)/b19-16-,23-22-,26-25-,32-30-,34-31-. The number of aliphatic hydroxyl groups excluding tert-OH is 2. The highest BCUT2D eigenvalue weighted by Gasteiger charge is 2.23. The lowest BCUT2D eigenvalue weighted by atomic mass is 10.0. The fraction of sp³-hybridized carbons (Fsp3) is 0.760. The smallest absolute Gasteiger partial charge is 0.306 e. The molecule has 56 heavy (non-hydrogen) atoms. The molecular weight excluding hydrogens is 695 g/mol. The Hall–Kier alpha value is -2.44. The molecule has 0 spiro atoms. The number of nitrogens with one attached hydrogen (secondary N) is 1. The summed E-state index contributed by atoms with van der Waals surface area (Å²) in [4.78, 5) is 25.9. The maximum Gasteiger partial charge on any atom is 0.306 e. The lowest BCUT2D eigenvalue weighted by Gasteiger charge is -2.24. The Bertz CT molecular complexity index is 1010. The third-order valence-corrected chi connectivity index (χ3v) is 10.3. The predicted octanol–water partition coefficient (Wildman–Crippen LogP) is 13.7. The zero-order chi connectivity index (χ0) is 41.0. The number of rotatable bonds is 41. The van der Waals surface area contributed by atoms with Gasteiger partial charge in [0.05, 0.1) is 25.2 Å². The van der Waals surface area contributed by atoms with Gasteiger partial charge < -0.3 is 20.3 Å². The van der Waals surface area contributed by atoms with E-state index < -0.39 is 18.2 Å². The van der Waals surface area contributed by atoms with Crippen molar-refractivity contribution in [3.8, 4) is 0 Å². The van der Waals surface area contributed by atoms with Crippen LogP contribution in [0.3, 0.4) is 0 Å². The van der Waals surface area contributed by atoms with Gasteiger partial charge in [0.2, 0.25) is 5.91 Å². The molecule has 0 aliphatic rings. The molecule has 0 bridgehead atoms. The van der Waals surface area contributed by atoms with Crippen LogP contribution in [0.5, 0.6) is 0 Å². The summed E-state index contributed by atoms with van der Waals surface area (Å²) in [5, 5.41) is 23.6. The highest BCUT2D eigenvalue weighted by Crippen LogP contribution is 2.16. The van der Waals surface area contributed by atoms with Gasteiger partial charge in [0, 0.05) is 6.42 Å². The van der Waals surface area contributed by atoms with Crippen molar-refractivity contribution < 1.29 is 24.5 Å². The monoisotopic (exact) mass is 784 g/mol. The molecule has 3 atom stereocenters. The topological polar surface area (TPSA) is 95.9 Å². The van der Waals surface area contributed by atoms with E-state index in [4.69, 9.17) is 4.74 Å². The first kappa shape index (κ1) is 53.6. The van der Waals surface area contributed by atoms with E-state index in [1.165, 1.54) is 103 Å². The zero-order valence-corrected chi connectivity index (χ0v) is 36.8. The van der Waals surface area contributed by atoms with Crippen LogP contribution in [0.2, 0.25) is 0 Å². The SMILES string of the molecule is CCCCC/C=C\C/C=C\C/C=C\C/C=C\CCCC(=O)OC(CCC/C=C\CCCCCCCC)CC(=O)NC(CO)C(O)CCCCCCCCCCC. The van der Waals surface area contributed by atoms with E-state index in [2.05, 4.69) is 86.8 Å². The Labute approximate surface area is 346 Å². The first-order valence-electron chi connectivity index (χ1n) is 23.5. The highest BCUT2D eigenvalue weighted by atomic mass is 16.5. The van der Waals surface area contributed by atoms with E-state index in [-0.39, 0.29) is 24.9 Å². The highest BCUT2D eigenvalue weighted by molar-refractivity contribution is 5.77. The molecule has 6 nitrogen and oxygen atoms in total. The molecule has 3 unspecified atom stereocenters. The van der Waals surface area contributed by atoms with Crippen LogP contribution in [0.15, 0.2) is 60.8 Å². The molecule has 0 radical (unpaired) electrons. The molecule has 0 aliphatic carbocycles. The summed E-state index contributed by atoms with van der Waals surface area (Å²) in [5.74, 6) is -0.575. The van der Waals surface area contributed by atoms with Crippen LogP contribution < -0.4 is 5.32 Å². The van der Waals surface area contributed by atoms with Gasteiger partial charge in [-0.25, -0.2) is 0 Å². The van der Waals surface area contributed by atoms with Gasteiger partial charge >= 0.3 is 5.97 Å². The van der Waals surface area contributed by atoms with Crippen molar-refractivity contribution in [1.82, 2.24) is 5.32 Å². The Morgan fingerprint density at radius 1 is 0.518 bits per heavy atom. The molecule has 0 rings (SSSR count). The van der Waals surface area contributed by atoms with Crippen LogP contribution in [0.25, 0.3) is 0 Å². The lowest BCUT2D eigenvalue weighted by Crippen LogP contribution is -2.46. The van der Waals surface area contributed by atoms with E-state index in [0.717, 1.165) is 64.2 Å². The van der Waals surface area contributed by atoms with Gasteiger partial charge in [0.15, 0.2) is 0 Å². The van der Waals surface area contributed by atoms with Crippen molar-refractivity contribution in [2.75, 3.05) is 6.61 Å². The quantitative estimate of drug-likeness (QED) is 0.0326. The van der Waals surface area contributed by atoms with Crippen LogP contribution in [0.1, 0.15) is 220 Å². The minimum atomic E-state index is -0.802. The lowest BCUT2D eigenvalue weighted by molar-refractivity contribution is -0.151. The number of carbonyl (C=O) groups excluding carboxylic acids is 2. The largest absolute Gasteiger partial charge is 0.462 e. The van der Waals surface area contributed by atoms with Crippen molar-refractivity contribution in [1.29, 1.82) is 0 Å². The van der Waals surface area contributed by atoms with Crippen LogP contribution in [0, 0.1) is 0 Å². The minimum Gasteiger partial charge on any atom is -0.462 e. The third-order valence-electron chi connectivity index (χ3n) is 10.3. The summed E-state index contributed by atoms with van der Waals surface area (Å²) in [7, 11) is 0. The summed E-state index contributed by atoms with van der Waals surface area (Å²) in [6, 6.07) is -0.719. The summed E-state index contributed by atoms with van der Waals surface area (Å²) in [6.07, 6.45) is 52.9. The molecular formula is C50H89NO5. The Balaban J connectivity index is 4.69. The molecule has 0 aliphatic heterocycles.